The number of nitrogens with two attached hydrogens (primary N) is 1. The summed E-state index contributed by atoms with van der Waals surface area (Å²) in [6.45, 7) is 0.527. The smallest absolute Gasteiger partial charge is 0.290 e. The van der Waals surface area contributed by atoms with Crippen molar-refractivity contribution in [2.45, 2.75) is 23.8 Å². The van der Waals surface area contributed by atoms with Crippen LogP contribution in [0.4, 0.5) is 5.69 Å². The van der Waals surface area contributed by atoms with E-state index >= 15 is 0 Å². The summed E-state index contributed by atoms with van der Waals surface area (Å²) in [6, 6.07) is 3.69. The number of benzene rings is 1. The predicted octanol–water partition coefficient (Wildman–Crippen LogP) is 1.47. The molecule has 7 nitrogen and oxygen atoms in total. The Morgan fingerprint density at radius 3 is 2.75 bits per heavy atom. The second kappa shape index (κ2) is 5.76. The zero-order chi connectivity index (χ0) is 14.9. The Morgan fingerprint density at radius 1 is 1.45 bits per heavy atom. The second-order valence-corrected chi connectivity index (χ2v) is 7.46. The number of hydrogen-bond acceptors (Lipinski definition) is 5. The number of nitro groups is 1. The maximum absolute atomic E-state index is 12.5. The minimum Gasteiger partial charge on any atom is -0.327 e. The van der Waals surface area contributed by atoms with Crippen LogP contribution in [0.5, 0.6) is 0 Å². The second-order valence-electron chi connectivity index (χ2n) is 4.63. The van der Waals surface area contributed by atoms with Gasteiger partial charge in [-0.15, -0.1) is 0 Å². The molecular formula is C11H14BrN3O4S. The van der Waals surface area contributed by atoms with Gasteiger partial charge in [0.05, 0.1) is 4.92 Å². The number of sulfonamides is 1. The van der Waals surface area contributed by atoms with E-state index in [1.807, 2.05) is 0 Å². The van der Waals surface area contributed by atoms with E-state index < -0.39 is 20.6 Å². The van der Waals surface area contributed by atoms with Crippen LogP contribution in [0, 0.1) is 10.1 Å². The van der Waals surface area contributed by atoms with E-state index in [9.17, 15) is 18.5 Å². The highest BCUT2D eigenvalue weighted by molar-refractivity contribution is 9.10. The topological polar surface area (TPSA) is 107 Å². The Bertz CT molecular complexity index is 635. The van der Waals surface area contributed by atoms with E-state index in [0.29, 0.717) is 17.4 Å². The Morgan fingerprint density at radius 2 is 2.15 bits per heavy atom. The van der Waals surface area contributed by atoms with Crippen LogP contribution in [0.2, 0.25) is 0 Å². The van der Waals surface area contributed by atoms with Gasteiger partial charge in [-0.25, -0.2) is 8.42 Å². The highest BCUT2D eigenvalue weighted by Crippen LogP contribution is 2.30. The number of nitro benzene ring substituents is 1. The summed E-state index contributed by atoms with van der Waals surface area (Å²) in [5.74, 6) is 0. The Kier molecular flexibility index (Phi) is 4.43. The quantitative estimate of drug-likeness (QED) is 0.646. The third-order valence-electron chi connectivity index (χ3n) is 3.16. The van der Waals surface area contributed by atoms with Crippen LogP contribution in [-0.4, -0.2) is 36.8 Å². The fourth-order valence-corrected chi connectivity index (χ4v) is 4.20. The van der Waals surface area contributed by atoms with Crippen molar-refractivity contribution in [2.75, 3.05) is 13.1 Å². The Hall–Kier alpha value is -1.03. The van der Waals surface area contributed by atoms with Crippen LogP contribution in [0.3, 0.4) is 0 Å². The molecule has 0 saturated carbocycles. The van der Waals surface area contributed by atoms with Gasteiger partial charge in [0.2, 0.25) is 10.0 Å². The molecule has 20 heavy (non-hydrogen) atoms. The predicted molar refractivity (Wildman–Crippen MR) is 76.8 cm³/mol. The van der Waals surface area contributed by atoms with Crippen LogP contribution in [0.25, 0.3) is 0 Å². The number of piperidine rings is 1. The van der Waals surface area contributed by atoms with Crippen molar-refractivity contribution in [1.29, 1.82) is 0 Å². The van der Waals surface area contributed by atoms with Crippen LogP contribution in [0.1, 0.15) is 12.8 Å². The van der Waals surface area contributed by atoms with Crippen LogP contribution < -0.4 is 5.73 Å². The van der Waals surface area contributed by atoms with Gasteiger partial charge in [-0.2, -0.15) is 4.31 Å². The van der Waals surface area contributed by atoms with Gasteiger partial charge in [0.15, 0.2) is 4.90 Å². The summed E-state index contributed by atoms with van der Waals surface area (Å²) in [5.41, 5.74) is 5.34. The average Bonchev–Trinajstić information content (AvgIpc) is 2.38. The van der Waals surface area contributed by atoms with E-state index in [2.05, 4.69) is 15.9 Å². The lowest BCUT2D eigenvalue weighted by Gasteiger charge is -2.29. The summed E-state index contributed by atoms with van der Waals surface area (Å²) in [4.78, 5) is 10.1. The molecule has 1 fully saturated rings. The van der Waals surface area contributed by atoms with E-state index in [-0.39, 0.29) is 17.5 Å². The standard InChI is InChI=1S/C11H14BrN3O4S/c12-8-3-4-11(10(6-8)15(16)17)20(18,19)14-5-1-2-9(13)7-14/h3-4,6,9H,1-2,5,7,13H2. The van der Waals surface area contributed by atoms with Gasteiger partial charge in [-0.05, 0) is 25.0 Å². The van der Waals surface area contributed by atoms with E-state index in [1.54, 1.807) is 0 Å². The van der Waals surface area contributed by atoms with Gasteiger partial charge < -0.3 is 5.73 Å². The van der Waals surface area contributed by atoms with Gasteiger partial charge in [0, 0.05) is 29.7 Å². The first-order valence-electron chi connectivity index (χ1n) is 6.02. The molecular weight excluding hydrogens is 350 g/mol. The van der Waals surface area contributed by atoms with Crippen molar-refractivity contribution in [3.8, 4) is 0 Å². The molecule has 1 aromatic rings. The maximum Gasteiger partial charge on any atom is 0.290 e. The van der Waals surface area contributed by atoms with Crippen molar-refractivity contribution in [3.05, 3.63) is 32.8 Å². The molecule has 0 bridgehead atoms. The molecule has 2 rings (SSSR count). The molecule has 110 valence electrons. The molecule has 1 aromatic carbocycles. The number of rotatable bonds is 3. The fourth-order valence-electron chi connectivity index (χ4n) is 2.18. The highest BCUT2D eigenvalue weighted by atomic mass is 79.9. The zero-order valence-corrected chi connectivity index (χ0v) is 12.9. The molecule has 1 aliphatic rings. The number of hydrogen-bond donors (Lipinski definition) is 1. The first-order chi connectivity index (χ1) is 9.32. The van der Waals surface area contributed by atoms with Gasteiger partial charge in [-0.3, -0.25) is 10.1 Å². The highest BCUT2D eigenvalue weighted by Gasteiger charge is 2.34. The van der Waals surface area contributed by atoms with Crippen molar-refractivity contribution >= 4 is 31.6 Å². The minimum absolute atomic E-state index is 0.190. The molecule has 0 radical (unpaired) electrons. The Labute approximate surface area is 125 Å². The molecule has 1 saturated heterocycles. The molecule has 1 heterocycles. The lowest BCUT2D eigenvalue weighted by molar-refractivity contribution is -0.387. The average molecular weight is 364 g/mol. The van der Waals surface area contributed by atoms with E-state index in [4.69, 9.17) is 5.73 Å². The summed E-state index contributed by atoms with van der Waals surface area (Å²) in [7, 11) is -3.90. The summed E-state index contributed by atoms with van der Waals surface area (Å²) < 4.78 is 26.7. The van der Waals surface area contributed by atoms with Gasteiger partial charge in [0.25, 0.3) is 5.69 Å². The summed E-state index contributed by atoms with van der Waals surface area (Å²) in [5, 5.41) is 11.0. The number of nitrogens with zero attached hydrogens (tertiary/aromatic N) is 2. The van der Waals surface area contributed by atoms with E-state index in [0.717, 1.165) is 6.42 Å². The van der Waals surface area contributed by atoms with Crippen molar-refractivity contribution in [2.24, 2.45) is 5.73 Å². The third-order valence-corrected chi connectivity index (χ3v) is 5.56. The lowest BCUT2D eigenvalue weighted by Crippen LogP contribution is -2.45. The molecule has 1 atom stereocenters. The molecule has 0 aliphatic carbocycles. The number of halogens is 1. The Balaban J connectivity index is 2.46. The van der Waals surface area contributed by atoms with Gasteiger partial charge in [0.1, 0.15) is 0 Å². The molecule has 1 aliphatic heterocycles. The van der Waals surface area contributed by atoms with Crippen molar-refractivity contribution < 1.29 is 13.3 Å². The molecule has 1 unspecified atom stereocenters. The molecule has 9 heteroatoms. The van der Waals surface area contributed by atoms with Gasteiger partial charge in [-0.1, -0.05) is 15.9 Å². The first-order valence-corrected chi connectivity index (χ1v) is 8.25. The lowest BCUT2D eigenvalue weighted by atomic mass is 10.1. The monoisotopic (exact) mass is 363 g/mol. The largest absolute Gasteiger partial charge is 0.327 e. The normalized spacial score (nSPS) is 20.8. The minimum atomic E-state index is -3.90. The van der Waals surface area contributed by atoms with Crippen LogP contribution in [0.15, 0.2) is 27.6 Å². The third kappa shape index (κ3) is 3.00. The van der Waals surface area contributed by atoms with Crippen LogP contribution in [-0.2, 0) is 10.0 Å². The molecule has 0 aromatic heterocycles. The van der Waals surface area contributed by atoms with Crippen molar-refractivity contribution in [1.82, 2.24) is 4.31 Å². The van der Waals surface area contributed by atoms with E-state index in [1.165, 1.54) is 22.5 Å². The summed E-state index contributed by atoms with van der Waals surface area (Å²) in [6.07, 6.45) is 1.42. The van der Waals surface area contributed by atoms with Gasteiger partial charge >= 0.3 is 0 Å². The fraction of sp³-hybridized carbons (Fsp3) is 0.455. The molecule has 0 spiro atoms. The zero-order valence-electron chi connectivity index (χ0n) is 10.5. The first kappa shape index (κ1) is 15.4. The summed E-state index contributed by atoms with van der Waals surface area (Å²) >= 11 is 3.10. The molecule has 0 amide bonds. The van der Waals surface area contributed by atoms with Crippen molar-refractivity contribution in [3.63, 3.8) is 0 Å². The molecule has 2 N–H and O–H groups in total. The SMILES string of the molecule is NC1CCCN(S(=O)(=O)c2ccc(Br)cc2[N+](=O)[O-])C1. The van der Waals surface area contributed by atoms with Crippen LogP contribution >= 0.6 is 15.9 Å². The maximum atomic E-state index is 12.5.